The molecule has 0 bridgehead atoms. The lowest BCUT2D eigenvalue weighted by atomic mass is 10.0. The monoisotopic (exact) mass is 740 g/mol. The second-order valence-electron chi connectivity index (χ2n) is 14.7. The van der Waals surface area contributed by atoms with Crippen LogP contribution in [0.3, 0.4) is 0 Å². The van der Waals surface area contributed by atoms with Gasteiger partial charge in [-0.25, -0.2) is 19.9 Å². The van der Waals surface area contributed by atoms with Crippen LogP contribution in [-0.2, 0) is 0 Å². The third-order valence-corrected chi connectivity index (χ3v) is 11.3. The van der Waals surface area contributed by atoms with Crippen molar-refractivity contribution in [3.8, 4) is 51.0 Å². The maximum Gasteiger partial charge on any atom is 0.164 e. The van der Waals surface area contributed by atoms with Crippen LogP contribution in [0.1, 0.15) is 0 Å². The average Bonchev–Trinajstić information content (AvgIpc) is 3.85. The van der Waals surface area contributed by atoms with Crippen molar-refractivity contribution in [1.82, 2.24) is 28.9 Å². The van der Waals surface area contributed by atoms with Crippen LogP contribution in [0, 0.1) is 0 Å². The van der Waals surface area contributed by atoms with Crippen LogP contribution in [0.2, 0.25) is 0 Å². The summed E-state index contributed by atoms with van der Waals surface area (Å²) in [5, 5.41) is 5.97. The highest BCUT2D eigenvalue weighted by Crippen LogP contribution is 2.40. The number of aromatic nitrogens is 6. The van der Waals surface area contributed by atoms with Crippen molar-refractivity contribution in [1.29, 1.82) is 0 Å². The molecule has 0 saturated carbocycles. The Bertz CT molecular complexity index is 3490. The van der Waals surface area contributed by atoms with E-state index in [1.807, 2.05) is 60.7 Å². The van der Waals surface area contributed by atoms with Crippen LogP contribution in [0.4, 0.5) is 0 Å². The molecule has 0 aliphatic heterocycles. The normalized spacial score (nSPS) is 11.8. The first-order chi connectivity index (χ1) is 28.7. The van der Waals surface area contributed by atoms with Crippen molar-refractivity contribution in [2.45, 2.75) is 0 Å². The van der Waals surface area contributed by atoms with Crippen LogP contribution < -0.4 is 0 Å². The molecule has 0 saturated heterocycles. The van der Waals surface area contributed by atoms with Crippen LogP contribution in [0.25, 0.3) is 111 Å². The Morgan fingerprint density at radius 3 is 1.52 bits per heavy atom. The van der Waals surface area contributed by atoms with E-state index in [-0.39, 0.29) is 0 Å². The molecule has 0 aliphatic rings. The van der Waals surface area contributed by atoms with Gasteiger partial charge in [-0.1, -0.05) is 146 Å². The van der Waals surface area contributed by atoms with Gasteiger partial charge in [-0.15, -0.1) is 0 Å². The molecule has 0 atom stereocenters. The molecule has 4 aromatic heterocycles. The minimum atomic E-state index is 0.637. The van der Waals surface area contributed by atoms with E-state index in [2.05, 4.69) is 142 Å². The highest BCUT2D eigenvalue weighted by Gasteiger charge is 2.19. The third kappa shape index (κ3) is 5.05. The van der Waals surface area contributed by atoms with Crippen LogP contribution in [0.15, 0.2) is 194 Å². The second kappa shape index (κ2) is 12.8. The fourth-order valence-electron chi connectivity index (χ4n) is 8.62. The Hall–Kier alpha value is -7.96. The van der Waals surface area contributed by atoms with E-state index in [4.69, 9.17) is 19.9 Å². The van der Waals surface area contributed by atoms with E-state index in [9.17, 15) is 0 Å². The Kier molecular flexibility index (Phi) is 7.13. The van der Waals surface area contributed by atoms with Crippen LogP contribution in [-0.4, -0.2) is 28.9 Å². The third-order valence-electron chi connectivity index (χ3n) is 11.3. The quantitative estimate of drug-likeness (QED) is 0.165. The van der Waals surface area contributed by atoms with Gasteiger partial charge in [0.05, 0.1) is 27.6 Å². The molecule has 270 valence electrons. The molecule has 0 aliphatic carbocycles. The van der Waals surface area contributed by atoms with E-state index in [0.717, 1.165) is 72.1 Å². The molecule has 0 radical (unpaired) electrons. The van der Waals surface area contributed by atoms with Crippen LogP contribution >= 0.6 is 0 Å². The number of imidazole rings is 1. The smallest absolute Gasteiger partial charge is 0.164 e. The zero-order valence-electron chi connectivity index (χ0n) is 31.2. The molecule has 8 aromatic carbocycles. The Balaban J connectivity index is 1.00. The lowest BCUT2D eigenvalue weighted by Crippen LogP contribution is -2.00. The standard InChI is InChI=1S/C52H32N6/c1-3-14-34(15-4-1)49-54-50(35-16-5-2-6-17-35)56-51(55-49)36-28-26-33(27-29-36)37-18-13-19-38(30-37)57-45-23-10-8-21-40(45)42-31-41-39-20-7-11-24-46(39)58-47-25-12-9-22-44(47)53-52(58)43(41)32-48(42)57/h1-32H. The van der Waals surface area contributed by atoms with Gasteiger partial charge in [-0.3, -0.25) is 4.40 Å². The molecule has 0 amide bonds. The number of para-hydroxylation sites is 4. The number of hydrogen-bond acceptors (Lipinski definition) is 4. The number of fused-ring (bicyclic) bond motifs is 11. The SMILES string of the molecule is c1ccc(-c2nc(-c3ccccc3)nc(-c3ccc(-c4cccc(-n5c6ccccc6c6cc7c8ccccc8n8c9ccccc9nc8c7cc65)c4)cc3)n2)cc1. The van der Waals surface area contributed by atoms with Gasteiger partial charge in [0, 0.05) is 43.9 Å². The summed E-state index contributed by atoms with van der Waals surface area (Å²) >= 11 is 0. The van der Waals surface area contributed by atoms with E-state index in [1.54, 1.807) is 0 Å². The fraction of sp³-hybridized carbons (Fsp3) is 0. The number of benzene rings is 8. The summed E-state index contributed by atoms with van der Waals surface area (Å²) in [5.74, 6) is 1.93. The number of rotatable bonds is 5. The predicted molar refractivity (Wildman–Crippen MR) is 237 cm³/mol. The first-order valence-electron chi connectivity index (χ1n) is 19.5. The van der Waals surface area contributed by atoms with Gasteiger partial charge in [0.15, 0.2) is 17.5 Å². The summed E-state index contributed by atoms with van der Waals surface area (Å²) < 4.78 is 4.72. The molecule has 4 heterocycles. The van der Waals surface area contributed by atoms with Gasteiger partial charge in [0.2, 0.25) is 0 Å². The number of pyridine rings is 1. The topological polar surface area (TPSA) is 60.9 Å². The molecule has 0 fully saturated rings. The molecule has 6 nitrogen and oxygen atoms in total. The van der Waals surface area contributed by atoms with Crippen molar-refractivity contribution in [2.75, 3.05) is 0 Å². The minimum Gasteiger partial charge on any atom is -0.309 e. The van der Waals surface area contributed by atoms with Crippen LogP contribution in [0.5, 0.6) is 0 Å². The van der Waals surface area contributed by atoms with Gasteiger partial charge in [0.1, 0.15) is 5.65 Å². The van der Waals surface area contributed by atoms with Gasteiger partial charge >= 0.3 is 0 Å². The molecular formula is C52H32N6. The first kappa shape index (κ1) is 32.3. The molecular weight excluding hydrogens is 709 g/mol. The molecule has 12 aromatic rings. The van der Waals surface area contributed by atoms with Gasteiger partial charge in [-0.2, -0.15) is 0 Å². The van der Waals surface area contributed by atoms with Crippen molar-refractivity contribution in [3.63, 3.8) is 0 Å². The molecule has 0 N–H and O–H groups in total. The molecule has 0 spiro atoms. The zero-order chi connectivity index (χ0) is 38.2. The Morgan fingerprint density at radius 2 is 0.828 bits per heavy atom. The maximum atomic E-state index is 5.22. The van der Waals surface area contributed by atoms with E-state index >= 15 is 0 Å². The lowest BCUT2D eigenvalue weighted by molar-refractivity contribution is 1.07. The highest BCUT2D eigenvalue weighted by atomic mass is 15.0. The van der Waals surface area contributed by atoms with Crippen molar-refractivity contribution < 1.29 is 0 Å². The van der Waals surface area contributed by atoms with E-state index in [0.29, 0.717) is 17.5 Å². The molecule has 0 unspecified atom stereocenters. The summed E-state index contributed by atoms with van der Waals surface area (Å²) in [6.45, 7) is 0. The number of nitrogens with zero attached hydrogens (tertiary/aromatic N) is 6. The van der Waals surface area contributed by atoms with Gasteiger partial charge < -0.3 is 4.57 Å². The van der Waals surface area contributed by atoms with Gasteiger partial charge in [-0.05, 0) is 65.0 Å². The van der Waals surface area contributed by atoms with Crippen molar-refractivity contribution in [2.24, 2.45) is 0 Å². The van der Waals surface area contributed by atoms with Gasteiger partial charge in [0.25, 0.3) is 0 Å². The first-order valence-corrected chi connectivity index (χ1v) is 19.5. The summed E-state index contributed by atoms with van der Waals surface area (Å²) in [6, 6.07) is 68.1. The average molecular weight is 741 g/mol. The summed E-state index contributed by atoms with van der Waals surface area (Å²) in [5.41, 5.74) is 12.7. The Labute approximate surface area is 333 Å². The van der Waals surface area contributed by atoms with Crippen molar-refractivity contribution >= 4 is 60.2 Å². The zero-order valence-corrected chi connectivity index (χ0v) is 31.2. The van der Waals surface area contributed by atoms with Crippen molar-refractivity contribution in [3.05, 3.63) is 194 Å². The fourth-order valence-corrected chi connectivity index (χ4v) is 8.62. The maximum absolute atomic E-state index is 5.22. The van der Waals surface area contributed by atoms with E-state index in [1.165, 1.54) is 21.5 Å². The second-order valence-corrected chi connectivity index (χ2v) is 14.7. The number of hydrogen-bond donors (Lipinski definition) is 0. The Morgan fingerprint density at radius 1 is 0.293 bits per heavy atom. The minimum absolute atomic E-state index is 0.637. The highest BCUT2D eigenvalue weighted by molar-refractivity contribution is 6.21. The lowest BCUT2D eigenvalue weighted by Gasteiger charge is -2.13. The predicted octanol–water partition coefficient (Wildman–Crippen LogP) is 12.7. The molecule has 6 heteroatoms. The summed E-state index contributed by atoms with van der Waals surface area (Å²) in [7, 11) is 0. The summed E-state index contributed by atoms with van der Waals surface area (Å²) in [6.07, 6.45) is 0. The summed E-state index contributed by atoms with van der Waals surface area (Å²) in [4.78, 5) is 20.0. The molecule has 58 heavy (non-hydrogen) atoms. The largest absolute Gasteiger partial charge is 0.309 e. The molecule has 12 rings (SSSR count). The van der Waals surface area contributed by atoms with E-state index < -0.39 is 0 Å².